The summed E-state index contributed by atoms with van der Waals surface area (Å²) in [5.41, 5.74) is 0.415. The summed E-state index contributed by atoms with van der Waals surface area (Å²) >= 11 is 0. The zero-order valence-electron chi connectivity index (χ0n) is 12.4. The summed E-state index contributed by atoms with van der Waals surface area (Å²) in [6.45, 7) is 2.81. The maximum atomic E-state index is 12.0. The van der Waals surface area contributed by atoms with Crippen LogP contribution in [0.25, 0.3) is 0 Å². The lowest BCUT2D eigenvalue weighted by Crippen LogP contribution is -2.12. The van der Waals surface area contributed by atoms with E-state index in [0.717, 1.165) is 6.54 Å². The number of nitrogens with zero attached hydrogens (tertiary/aromatic N) is 3. The highest BCUT2D eigenvalue weighted by molar-refractivity contribution is 6.32. The molecule has 6 nitrogen and oxygen atoms in total. The van der Waals surface area contributed by atoms with E-state index in [1.165, 1.54) is 12.8 Å². The van der Waals surface area contributed by atoms with Gasteiger partial charge in [-0.3, -0.25) is 9.67 Å². The minimum absolute atomic E-state index is 0.158. The molecular weight excluding hydrogens is 281 g/mol. The third-order valence-electron chi connectivity index (χ3n) is 3.36. The number of esters is 1. The van der Waals surface area contributed by atoms with Gasteiger partial charge >= 0.3 is 5.97 Å². The van der Waals surface area contributed by atoms with Crippen LogP contribution in [0.5, 0.6) is 11.5 Å². The van der Waals surface area contributed by atoms with Gasteiger partial charge in [0.2, 0.25) is 5.69 Å². The van der Waals surface area contributed by atoms with Gasteiger partial charge in [-0.15, -0.1) is 0 Å². The quantitative estimate of drug-likeness (QED) is 0.596. The smallest absolute Gasteiger partial charge is 0.362 e. The Morgan fingerprint density at radius 2 is 2.27 bits per heavy atom. The fourth-order valence-corrected chi connectivity index (χ4v) is 2.08. The van der Waals surface area contributed by atoms with Crippen LogP contribution in [0.3, 0.4) is 0 Å². The van der Waals surface area contributed by atoms with E-state index in [2.05, 4.69) is 10.1 Å². The van der Waals surface area contributed by atoms with Crippen LogP contribution in [-0.4, -0.2) is 35.2 Å². The zero-order valence-corrected chi connectivity index (χ0v) is 12.4. The molecule has 0 aliphatic heterocycles. The number of hydrogen-bond donors (Lipinski definition) is 0. The molecule has 1 aliphatic rings. The Labute approximate surface area is 129 Å². The first kappa shape index (κ1) is 14.6. The van der Waals surface area contributed by atoms with Crippen molar-refractivity contribution in [1.29, 1.82) is 0 Å². The lowest BCUT2D eigenvalue weighted by Gasteiger charge is -2.07. The highest BCUT2D eigenvalue weighted by atomic mass is 16.5. The summed E-state index contributed by atoms with van der Waals surface area (Å²) < 4.78 is 12.5. The molecule has 22 heavy (non-hydrogen) atoms. The molecule has 1 aliphatic carbocycles. The van der Waals surface area contributed by atoms with Gasteiger partial charge in [0.25, 0.3) is 0 Å². The van der Waals surface area contributed by atoms with Crippen molar-refractivity contribution in [3.05, 3.63) is 30.2 Å². The predicted molar refractivity (Wildman–Crippen MR) is 80.6 cm³/mol. The average molecular weight is 297 g/mol. The predicted octanol–water partition coefficient (Wildman–Crippen LogP) is 1.45. The van der Waals surface area contributed by atoms with Gasteiger partial charge in [0, 0.05) is 18.3 Å². The lowest BCUT2D eigenvalue weighted by atomic mass is 10.0. The number of hydrogen-bond acceptors (Lipinski definition) is 5. The van der Waals surface area contributed by atoms with Crippen LogP contribution in [0.2, 0.25) is 0 Å². The molecule has 0 saturated heterocycles. The molecule has 0 spiro atoms. The molecule has 2 aromatic rings. The highest BCUT2D eigenvalue weighted by Crippen LogP contribution is 2.32. The Balaban J connectivity index is 1.88. The van der Waals surface area contributed by atoms with Crippen LogP contribution < -0.4 is 10.3 Å². The Bertz CT molecular complexity index is 682. The maximum absolute atomic E-state index is 12.0. The van der Waals surface area contributed by atoms with E-state index in [-0.39, 0.29) is 17.9 Å². The van der Waals surface area contributed by atoms with E-state index in [1.807, 2.05) is 0 Å². The van der Waals surface area contributed by atoms with Crippen molar-refractivity contribution >= 4 is 19.4 Å². The Morgan fingerprint density at radius 3 is 2.95 bits per heavy atom. The zero-order chi connectivity index (χ0) is 15.5. The van der Waals surface area contributed by atoms with E-state index in [9.17, 15) is 4.79 Å². The Kier molecular flexibility index (Phi) is 4.13. The molecule has 0 aromatic carbocycles. The van der Waals surface area contributed by atoms with Crippen LogP contribution in [0.4, 0.5) is 0 Å². The summed E-state index contributed by atoms with van der Waals surface area (Å²) in [7, 11) is 5.77. The van der Waals surface area contributed by atoms with Gasteiger partial charge < -0.3 is 9.47 Å². The second kappa shape index (κ2) is 6.21. The monoisotopic (exact) mass is 297 g/mol. The second-order valence-corrected chi connectivity index (χ2v) is 5.22. The van der Waals surface area contributed by atoms with E-state index >= 15 is 0 Å². The number of carbonyl (C=O) groups is 1. The average Bonchev–Trinajstić information content (AvgIpc) is 3.21. The lowest BCUT2D eigenvalue weighted by molar-refractivity contribution is 0.0515. The summed E-state index contributed by atoms with van der Waals surface area (Å²) in [5.74, 6) is 0.846. The molecule has 0 unspecified atom stereocenters. The van der Waals surface area contributed by atoms with Crippen molar-refractivity contribution in [2.24, 2.45) is 5.92 Å². The van der Waals surface area contributed by atoms with Crippen LogP contribution in [0.15, 0.2) is 24.5 Å². The minimum atomic E-state index is -0.505. The summed E-state index contributed by atoms with van der Waals surface area (Å²) in [5, 5.41) is 4.29. The van der Waals surface area contributed by atoms with Crippen LogP contribution in [-0.2, 0) is 11.3 Å². The molecule has 2 aromatic heterocycles. The molecule has 0 amide bonds. The van der Waals surface area contributed by atoms with Crippen molar-refractivity contribution < 1.29 is 14.3 Å². The van der Waals surface area contributed by atoms with Gasteiger partial charge in [-0.25, -0.2) is 4.79 Å². The second-order valence-electron chi connectivity index (χ2n) is 5.22. The third-order valence-corrected chi connectivity index (χ3v) is 3.36. The molecule has 0 N–H and O–H groups in total. The molecular formula is C15H16BN3O3. The molecule has 0 bridgehead atoms. The Hall–Kier alpha value is -2.31. The topological polar surface area (TPSA) is 66.2 Å². The molecule has 3 rings (SSSR count). The van der Waals surface area contributed by atoms with Gasteiger partial charge in [-0.05, 0) is 37.8 Å². The van der Waals surface area contributed by atoms with Crippen LogP contribution in [0.1, 0.15) is 30.3 Å². The van der Waals surface area contributed by atoms with E-state index in [0.29, 0.717) is 17.4 Å². The molecule has 2 heterocycles. The van der Waals surface area contributed by atoms with Crippen LogP contribution >= 0.6 is 0 Å². The van der Waals surface area contributed by atoms with Gasteiger partial charge in [0.1, 0.15) is 13.6 Å². The van der Waals surface area contributed by atoms with Crippen molar-refractivity contribution in [3.8, 4) is 11.5 Å². The van der Waals surface area contributed by atoms with Crippen LogP contribution in [0, 0.1) is 5.92 Å². The SMILES string of the molecule is [B]c1ncccc1Oc1cn(CC2CC2)nc1C(=O)OCC. The summed E-state index contributed by atoms with van der Waals surface area (Å²) in [4.78, 5) is 16.0. The number of carbonyl (C=O) groups excluding carboxylic acids is 1. The van der Waals surface area contributed by atoms with E-state index < -0.39 is 5.97 Å². The van der Waals surface area contributed by atoms with Gasteiger partial charge in [-0.2, -0.15) is 5.10 Å². The first-order valence-corrected chi connectivity index (χ1v) is 7.30. The normalized spacial score (nSPS) is 13.9. The van der Waals surface area contributed by atoms with Crippen molar-refractivity contribution in [2.75, 3.05) is 6.61 Å². The van der Waals surface area contributed by atoms with Gasteiger partial charge in [-0.1, -0.05) is 0 Å². The summed E-state index contributed by atoms with van der Waals surface area (Å²) in [6.07, 6.45) is 5.67. The molecule has 0 atom stereocenters. The fraction of sp³-hybridized carbons (Fsp3) is 0.400. The van der Waals surface area contributed by atoms with Crippen molar-refractivity contribution in [2.45, 2.75) is 26.3 Å². The number of pyridine rings is 1. The highest BCUT2D eigenvalue weighted by Gasteiger charge is 2.25. The standard InChI is InChI=1S/C15H16BN3O3/c1-2-21-15(20)13-12(9-19(18-13)8-10-5-6-10)22-11-4-3-7-17-14(11)16/h3-4,7,9-10H,2,5-6,8H2,1H3. The Morgan fingerprint density at radius 1 is 1.45 bits per heavy atom. The molecule has 1 fully saturated rings. The third kappa shape index (κ3) is 3.29. The van der Waals surface area contributed by atoms with Crippen molar-refractivity contribution in [1.82, 2.24) is 14.8 Å². The molecule has 1 saturated carbocycles. The maximum Gasteiger partial charge on any atom is 0.362 e. The van der Waals surface area contributed by atoms with E-state index in [4.69, 9.17) is 17.3 Å². The molecule has 112 valence electrons. The summed E-state index contributed by atoms with van der Waals surface area (Å²) in [6, 6.07) is 3.40. The first-order chi connectivity index (χ1) is 10.7. The van der Waals surface area contributed by atoms with Crippen molar-refractivity contribution in [3.63, 3.8) is 0 Å². The fourth-order valence-electron chi connectivity index (χ4n) is 2.08. The first-order valence-electron chi connectivity index (χ1n) is 7.30. The van der Waals surface area contributed by atoms with Gasteiger partial charge in [0.05, 0.1) is 12.8 Å². The molecule has 2 radical (unpaired) electrons. The number of rotatable bonds is 6. The number of ether oxygens (including phenoxy) is 2. The number of aromatic nitrogens is 3. The molecule has 7 heteroatoms. The largest absolute Gasteiger partial charge is 0.461 e. The van der Waals surface area contributed by atoms with E-state index in [1.54, 1.807) is 36.1 Å². The van der Waals surface area contributed by atoms with Gasteiger partial charge in [0.15, 0.2) is 5.75 Å². The minimum Gasteiger partial charge on any atom is -0.461 e.